The average Bonchev–Trinajstić information content (AvgIpc) is 3.08. The van der Waals surface area contributed by atoms with Crippen LogP contribution in [-0.2, 0) is 0 Å². The summed E-state index contributed by atoms with van der Waals surface area (Å²) < 4.78 is 9.25. The van der Waals surface area contributed by atoms with Crippen molar-refractivity contribution in [3.8, 4) is 5.75 Å². The predicted octanol–water partition coefficient (Wildman–Crippen LogP) is 1.41. The molecule has 0 radical (unpaired) electrons. The number of carbonyl (C=O) groups excluding carboxylic acids is 1. The van der Waals surface area contributed by atoms with Gasteiger partial charge < -0.3 is 15.0 Å². The van der Waals surface area contributed by atoms with E-state index in [0.29, 0.717) is 17.1 Å². The van der Waals surface area contributed by atoms with Crippen molar-refractivity contribution in [3.63, 3.8) is 0 Å². The van der Waals surface area contributed by atoms with Gasteiger partial charge in [-0.1, -0.05) is 16.6 Å². The van der Waals surface area contributed by atoms with E-state index in [9.17, 15) is 4.79 Å². The van der Waals surface area contributed by atoms with Gasteiger partial charge in [0.15, 0.2) is 0 Å². The van der Waals surface area contributed by atoms with Gasteiger partial charge >= 0.3 is 0 Å². The minimum Gasteiger partial charge on any atom is -0.495 e. The van der Waals surface area contributed by atoms with Gasteiger partial charge in [-0.05, 0) is 30.6 Å². The van der Waals surface area contributed by atoms with Crippen molar-refractivity contribution < 1.29 is 9.53 Å². The van der Waals surface area contributed by atoms with Crippen LogP contribution in [-0.4, -0.2) is 66.8 Å². The molecule has 0 unspecified atom stereocenters. The van der Waals surface area contributed by atoms with Crippen LogP contribution in [0.2, 0.25) is 0 Å². The van der Waals surface area contributed by atoms with Gasteiger partial charge in [-0.3, -0.25) is 9.69 Å². The molecular formula is C17H23N5O2S. The molecular weight excluding hydrogens is 338 g/mol. The quantitative estimate of drug-likeness (QED) is 0.839. The Bertz CT molecular complexity index is 713. The Morgan fingerprint density at radius 2 is 2.04 bits per heavy atom. The second-order valence-electron chi connectivity index (χ2n) is 5.94. The first-order valence-corrected chi connectivity index (χ1v) is 9.14. The third-order valence-corrected chi connectivity index (χ3v) is 5.20. The molecule has 1 fully saturated rings. The summed E-state index contributed by atoms with van der Waals surface area (Å²) >= 11 is 1.14. The summed E-state index contributed by atoms with van der Waals surface area (Å²) in [6.07, 6.45) is 0. The maximum Gasteiger partial charge on any atom is 0.264 e. The van der Waals surface area contributed by atoms with Gasteiger partial charge in [-0.15, -0.1) is 5.10 Å². The predicted molar refractivity (Wildman–Crippen MR) is 98.6 cm³/mol. The van der Waals surface area contributed by atoms with Gasteiger partial charge in [0.2, 0.25) is 0 Å². The van der Waals surface area contributed by atoms with Crippen molar-refractivity contribution in [1.82, 2.24) is 19.8 Å². The van der Waals surface area contributed by atoms with Crippen molar-refractivity contribution in [2.75, 3.05) is 51.3 Å². The maximum atomic E-state index is 12.1. The highest BCUT2D eigenvalue weighted by atomic mass is 32.1. The molecule has 0 atom stereocenters. The highest BCUT2D eigenvalue weighted by Crippen LogP contribution is 2.28. The van der Waals surface area contributed by atoms with E-state index < -0.39 is 0 Å². The molecule has 1 N–H and O–H groups in total. The zero-order valence-electron chi connectivity index (χ0n) is 14.6. The molecule has 0 spiro atoms. The molecule has 1 aliphatic heterocycles. The normalized spacial score (nSPS) is 15.2. The second-order valence-corrected chi connectivity index (χ2v) is 6.70. The molecule has 3 rings (SSSR count). The van der Waals surface area contributed by atoms with Gasteiger partial charge in [0, 0.05) is 39.3 Å². The van der Waals surface area contributed by atoms with Crippen LogP contribution in [0, 0.1) is 6.92 Å². The van der Waals surface area contributed by atoms with Gasteiger partial charge in [0.25, 0.3) is 5.91 Å². The fourth-order valence-corrected chi connectivity index (χ4v) is 3.52. The molecule has 1 aromatic carbocycles. The fourth-order valence-electron chi connectivity index (χ4n) is 2.95. The standard InChI is InChI=1S/C17H23N5O2S/c1-13-16(25-20-19-13)17(23)18-7-8-21-9-11-22(12-10-21)14-5-3-4-6-15(14)24-2/h3-6H,7-12H2,1-2H3,(H,18,23). The molecule has 1 amide bonds. The number of benzene rings is 1. The highest BCUT2D eigenvalue weighted by molar-refractivity contribution is 7.07. The first kappa shape index (κ1) is 17.6. The van der Waals surface area contributed by atoms with Crippen molar-refractivity contribution in [1.29, 1.82) is 0 Å². The van der Waals surface area contributed by atoms with E-state index >= 15 is 0 Å². The van der Waals surface area contributed by atoms with Gasteiger partial charge in [0.05, 0.1) is 18.5 Å². The Balaban J connectivity index is 1.44. The number of ether oxygens (including phenoxy) is 1. The van der Waals surface area contributed by atoms with E-state index in [1.807, 2.05) is 18.2 Å². The largest absolute Gasteiger partial charge is 0.495 e. The Hall–Kier alpha value is -2.19. The van der Waals surface area contributed by atoms with E-state index in [1.165, 1.54) is 0 Å². The number of aryl methyl sites for hydroxylation is 1. The van der Waals surface area contributed by atoms with Crippen LogP contribution in [0.3, 0.4) is 0 Å². The van der Waals surface area contributed by atoms with Crippen LogP contribution in [0.1, 0.15) is 15.4 Å². The van der Waals surface area contributed by atoms with Crippen molar-refractivity contribution >= 4 is 23.1 Å². The van der Waals surface area contributed by atoms with Crippen LogP contribution in [0.4, 0.5) is 5.69 Å². The lowest BCUT2D eigenvalue weighted by Crippen LogP contribution is -2.48. The first-order chi connectivity index (χ1) is 12.2. The summed E-state index contributed by atoms with van der Waals surface area (Å²) in [5, 5.41) is 6.82. The maximum absolute atomic E-state index is 12.1. The number of nitrogens with one attached hydrogen (secondary N) is 1. The molecule has 2 aromatic rings. The van der Waals surface area contributed by atoms with Gasteiger partial charge in [-0.2, -0.15) is 0 Å². The molecule has 0 saturated carbocycles. The molecule has 134 valence electrons. The molecule has 0 aliphatic carbocycles. The van der Waals surface area contributed by atoms with Crippen molar-refractivity contribution in [3.05, 3.63) is 34.8 Å². The van der Waals surface area contributed by atoms with E-state index in [1.54, 1.807) is 14.0 Å². The summed E-state index contributed by atoms with van der Waals surface area (Å²) in [7, 11) is 1.71. The Labute approximate surface area is 151 Å². The van der Waals surface area contributed by atoms with Crippen molar-refractivity contribution in [2.24, 2.45) is 0 Å². The number of hydrogen-bond donors (Lipinski definition) is 1. The molecule has 0 bridgehead atoms. The number of methoxy groups -OCH3 is 1. The number of aromatic nitrogens is 2. The van der Waals surface area contributed by atoms with Crippen LogP contribution in [0.15, 0.2) is 24.3 Å². The summed E-state index contributed by atoms with van der Waals surface area (Å²) in [4.78, 5) is 17.4. The number of carbonyl (C=O) groups is 1. The lowest BCUT2D eigenvalue weighted by Gasteiger charge is -2.36. The SMILES string of the molecule is COc1ccccc1N1CCN(CCNC(=O)c2snnc2C)CC1. The number of para-hydroxylation sites is 2. The van der Waals surface area contributed by atoms with E-state index in [-0.39, 0.29) is 5.91 Å². The number of amides is 1. The van der Waals surface area contributed by atoms with Gasteiger partial charge in [-0.25, -0.2) is 0 Å². The van der Waals surface area contributed by atoms with E-state index in [2.05, 4.69) is 30.8 Å². The lowest BCUT2D eigenvalue weighted by molar-refractivity contribution is 0.0951. The average molecular weight is 361 g/mol. The van der Waals surface area contributed by atoms with Crippen LogP contribution in [0.5, 0.6) is 5.75 Å². The zero-order chi connectivity index (χ0) is 17.6. The molecule has 1 aromatic heterocycles. The second kappa shape index (κ2) is 8.26. The molecule has 7 nitrogen and oxygen atoms in total. The highest BCUT2D eigenvalue weighted by Gasteiger charge is 2.19. The molecule has 25 heavy (non-hydrogen) atoms. The number of hydrogen-bond acceptors (Lipinski definition) is 7. The summed E-state index contributed by atoms with van der Waals surface area (Å²) in [5.74, 6) is 0.830. The number of anilines is 1. The summed E-state index contributed by atoms with van der Waals surface area (Å²) in [6.45, 7) is 7.11. The first-order valence-electron chi connectivity index (χ1n) is 8.36. The van der Waals surface area contributed by atoms with E-state index in [4.69, 9.17) is 4.74 Å². The van der Waals surface area contributed by atoms with Crippen LogP contribution < -0.4 is 15.0 Å². The monoisotopic (exact) mass is 361 g/mol. The van der Waals surface area contributed by atoms with E-state index in [0.717, 1.165) is 55.7 Å². The molecule has 1 aliphatic rings. The minimum absolute atomic E-state index is 0.0832. The third kappa shape index (κ3) is 4.26. The molecule has 2 heterocycles. The van der Waals surface area contributed by atoms with Crippen molar-refractivity contribution in [2.45, 2.75) is 6.92 Å². The topological polar surface area (TPSA) is 70.6 Å². The summed E-state index contributed by atoms with van der Waals surface area (Å²) in [6, 6.07) is 8.12. The van der Waals surface area contributed by atoms with Crippen LogP contribution >= 0.6 is 11.5 Å². The number of nitrogens with zero attached hydrogens (tertiary/aromatic N) is 4. The third-order valence-electron chi connectivity index (χ3n) is 4.37. The van der Waals surface area contributed by atoms with Crippen LogP contribution in [0.25, 0.3) is 0 Å². The Morgan fingerprint density at radius 3 is 2.72 bits per heavy atom. The Morgan fingerprint density at radius 1 is 1.28 bits per heavy atom. The minimum atomic E-state index is -0.0832. The summed E-state index contributed by atoms with van der Waals surface area (Å²) in [5.41, 5.74) is 1.83. The fraction of sp³-hybridized carbons (Fsp3) is 0.471. The van der Waals surface area contributed by atoms with Gasteiger partial charge in [0.1, 0.15) is 10.6 Å². The molecule has 8 heteroatoms. The molecule has 1 saturated heterocycles. The number of rotatable bonds is 6. The lowest BCUT2D eigenvalue weighted by atomic mass is 10.2. The zero-order valence-corrected chi connectivity index (χ0v) is 15.4. The smallest absolute Gasteiger partial charge is 0.264 e. The number of piperazine rings is 1. The Kier molecular flexibility index (Phi) is 5.83.